The number of rotatable bonds is 5. The van der Waals surface area contributed by atoms with Gasteiger partial charge in [-0.3, -0.25) is 4.98 Å². The predicted octanol–water partition coefficient (Wildman–Crippen LogP) is 1.82. The minimum Gasteiger partial charge on any atom is -0.381 e. The monoisotopic (exact) mass is 290 g/mol. The third-order valence-corrected chi connectivity index (χ3v) is 3.59. The normalized spacial score (nSPS) is 18.8. The summed E-state index contributed by atoms with van der Waals surface area (Å²) in [5.41, 5.74) is 2.03. The Morgan fingerprint density at radius 2 is 2.38 bits per heavy atom. The van der Waals surface area contributed by atoms with E-state index < -0.39 is 0 Å². The smallest absolute Gasteiger partial charge is 0.194 e. The van der Waals surface area contributed by atoms with Crippen molar-refractivity contribution in [2.45, 2.75) is 26.8 Å². The van der Waals surface area contributed by atoms with E-state index in [-0.39, 0.29) is 0 Å². The van der Waals surface area contributed by atoms with Crippen LogP contribution < -0.4 is 5.32 Å². The lowest BCUT2D eigenvalue weighted by atomic mass is 10.1. The highest BCUT2D eigenvalue weighted by Gasteiger charge is 2.18. The summed E-state index contributed by atoms with van der Waals surface area (Å²) in [5, 5.41) is 3.35. The molecule has 5 nitrogen and oxygen atoms in total. The fourth-order valence-electron chi connectivity index (χ4n) is 2.51. The molecular formula is C16H26N4O. The van der Waals surface area contributed by atoms with Gasteiger partial charge < -0.3 is 15.0 Å². The Kier molecular flexibility index (Phi) is 5.99. The van der Waals surface area contributed by atoms with Crippen LogP contribution in [0.2, 0.25) is 0 Å². The van der Waals surface area contributed by atoms with Crippen LogP contribution in [0.15, 0.2) is 23.2 Å². The molecule has 1 aromatic heterocycles. The molecule has 1 aromatic rings. The van der Waals surface area contributed by atoms with Gasteiger partial charge in [-0.15, -0.1) is 0 Å². The van der Waals surface area contributed by atoms with Crippen LogP contribution in [0.3, 0.4) is 0 Å². The summed E-state index contributed by atoms with van der Waals surface area (Å²) < 4.78 is 5.44. The van der Waals surface area contributed by atoms with Crippen LogP contribution in [0, 0.1) is 12.8 Å². The van der Waals surface area contributed by atoms with E-state index in [0.717, 1.165) is 50.1 Å². The minimum atomic E-state index is 0.607. The topological polar surface area (TPSA) is 49.8 Å². The Labute approximate surface area is 127 Å². The number of pyridine rings is 1. The van der Waals surface area contributed by atoms with Crippen molar-refractivity contribution in [3.8, 4) is 0 Å². The molecule has 1 atom stereocenters. The molecule has 21 heavy (non-hydrogen) atoms. The summed E-state index contributed by atoms with van der Waals surface area (Å²) in [6.07, 6.45) is 1.14. The first-order valence-corrected chi connectivity index (χ1v) is 7.68. The van der Waals surface area contributed by atoms with Crippen molar-refractivity contribution in [3.63, 3.8) is 0 Å². The first kappa shape index (κ1) is 15.8. The van der Waals surface area contributed by atoms with Gasteiger partial charge in [0.15, 0.2) is 5.96 Å². The molecule has 1 saturated heterocycles. The molecule has 0 amide bonds. The number of nitrogens with one attached hydrogen (secondary N) is 1. The number of hydrogen-bond donors (Lipinski definition) is 1. The van der Waals surface area contributed by atoms with Crippen molar-refractivity contribution in [1.29, 1.82) is 0 Å². The van der Waals surface area contributed by atoms with Crippen molar-refractivity contribution in [3.05, 3.63) is 29.6 Å². The summed E-state index contributed by atoms with van der Waals surface area (Å²) in [7, 11) is 2.09. The fraction of sp³-hybridized carbons (Fsp3) is 0.625. The number of ether oxygens (including phenoxy) is 1. The molecule has 0 aromatic carbocycles. The van der Waals surface area contributed by atoms with Crippen LogP contribution in [0.5, 0.6) is 0 Å². The molecule has 0 aliphatic carbocycles. The fourth-order valence-corrected chi connectivity index (χ4v) is 2.51. The van der Waals surface area contributed by atoms with Gasteiger partial charge in [0.05, 0.1) is 18.8 Å². The molecule has 1 N–H and O–H groups in total. The molecule has 116 valence electrons. The Bertz CT molecular complexity index is 469. The molecule has 5 heteroatoms. The Hall–Kier alpha value is -1.62. The zero-order valence-electron chi connectivity index (χ0n) is 13.3. The summed E-state index contributed by atoms with van der Waals surface area (Å²) in [4.78, 5) is 11.4. The second-order valence-corrected chi connectivity index (χ2v) is 5.55. The average Bonchev–Trinajstić information content (AvgIpc) is 2.96. The number of aromatic nitrogens is 1. The van der Waals surface area contributed by atoms with E-state index in [9.17, 15) is 0 Å². The number of nitrogens with zero attached hydrogens (tertiary/aromatic N) is 3. The van der Waals surface area contributed by atoms with E-state index in [4.69, 9.17) is 9.73 Å². The van der Waals surface area contributed by atoms with Crippen molar-refractivity contribution >= 4 is 5.96 Å². The van der Waals surface area contributed by atoms with E-state index in [1.165, 1.54) is 0 Å². The third kappa shape index (κ3) is 5.01. The van der Waals surface area contributed by atoms with Crippen LogP contribution in [-0.4, -0.2) is 49.2 Å². The second-order valence-electron chi connectivity index (χ2n) is 5.55. The van der Waals surface area contributed by atoms with Crippen molar-refractivity contribution in [2.24, 2.45) is 10.9 Å². The molecule has 1 unspecified atom stereocenters. The van der Waals surface area contributed by atoms with E-state index >= 15 is 0 Å². The molecule has 1 aliphatic heterocycles. The first-order valence-electron chi connectivity index (χ1n) is 7.68. The molecular weight excluding hydrogens is 264 g/mol. The average molecular weight is 290 g/mol. The Balaban J connectivity index is 1.97. The highest BCUT2D eigenvalue weighted by atomic mass is 16.5. The molecule has 0 spiro atoms. The number of aliphatic imine (C=N–C) groups is 1. The van der Waals surface area contributed by atoms with Gasteiger partial charge in [-0.1, -0.05) is 6.07 Å². The number of guanidine groups is 1. The number of aryl methyl sites for hydroxylation is 1. The first-order chi connectivity index (χ1) is 10.2. The zero-order chi connectivity index (χ0) is 15.1. The van der Waals surface area contributed by atoms with Gasteiger partial charge in [-0.25, -0.2) is 4.99 Å². The van der Waals surface area contributed by atoms with Crippen LogP contribution >= 0.6 is 0 Å². The SMILES string of the molecule is CCNC(=NCc1cccc(C)n1)N(C)CC1CCOC1. The largest absolute Gasteiger partial charge is 0.381 e. The Morgan fingerprint density at radius 1 is 1.52 bits per heavy atom. The molecule has 0 radical (unpaired) electrons. The highest BCUT2D eigenvalue weighted by Crippen LogP contribution is 2.13. The minimum absolute atomic E-state index is 0.607. The third-order valence-electron chi connectivity index (χ3n) is 3.59. The maximum absolute atomic E-state index is 5.44. The van der Waals surface area contributed by atoms with E-state index in [2.05, 4.69) is 29.2 Å². The zero-order valence-corrected chi connectivity index (χ0v) is 13.3. The van der Waals surface area contributed by atoms with Crippen LogP contribution in [0.4, 0.5) is 0 Å². The lowest BCUT2D eigenvalue weighted by Gasteiger charge is -2.24. The summed E-state index contributed by atoms with van der Waals surface area (Å²) in [6, 6.07) is 6.05. The van der Waals surface area contributed by atoms with Crippen molar-refractivity contribution < 1.29 is 4.74 Å². The van der Waals surface area contributed by atoms with Gasteiger partial charge >= 0.3 is 0 Å². The standard InChI is InChI=1S/C16H26N4O/c1-4-17-16(20(3)11-14-8-9-21-12-14)18-10-15-7-5-6-13(2)19-15/h5-7,14H,4,8-12H2,1-3H3,(H,17,18). The molecule has 1 aliphatic rings. The summed E-state index contributed by atoms with van der Waals surface area (Å²) in [6.45, 7) is 8.30. The maximum Gasteiger partial charge on any atom is 0.194 e. The maximum atomic E-state index is 5.44. The van der Waals surface area contributed by atoms with E-state index in [1.54, 1.807) is 0 Å². The molecule has 2 heterocycles. The lowest BCUT2D eigenvalue weighted by Crippen LogP contribution is -2.41. The number of hydrogen-bond acceptors (Lipinski definition) is 3. The van der Waals surface area contributed by atoms with Crippen molar-refractivity contribution in [2.75, 3.05) is 33.4 Å². The quantitative estimate of drug-likeness (QED) is 0.664. The summed E-state index contributed by atoms with van der Waals surface area (Å²) >= 11 is 0. The summed E-state index contributed by atoms with van der Waals surface area (Å²) in [5.74, 6) is 1.55. The van der Waals surface area contributed by atoms with Gasteiger partial charge in [-0.2, -0.15) is 0 Å². The molecule has 1 fully saturated rings. The lowest BCUT2D eigenvalue weighted by molar-refractivity contribution is 0.181. The Morgan fingerprint density at radius 3 is 3.05 bits per heavy atom. The van der Waals surface area contributed by atoms with Crippen molar-refractivity contribution in [1.82, 2.24) is 15.2 Å². The molecule has 0 bridgehead atoms. The van der Waals surface area contributed by atoms with E-state index in [0.29, 0.717) is 12.5 Å². The molecule has 2 rings (SSSR count). The van der Waals surface area contributed by atoms with Gasteiger partial charge in [-0.05, 0) is 32.4 Å². The van der Waals surface area contributed by atoms with Crippen LogP contribution in [-0.2, 0) is 11.3 Å². The van der Waals surface area contributed by atoms with Gasteiger partial charge in [0.2, 0.25) is 0 Å². The second kappa shape index (κ2) is 7.98. The highest BCUT2D eigenvalue weighted by molar-refractivity contribution is 5.79. The van der Waals surface area contributed by atoms with Crippen LogP contribution in [0.25, 0.3) is 0 Å². The van der Waals surface area contributed by atoms with E-state index in [1.807, 2.05) is 25.1 Å². The molecule has 0 saturated carbocycles. The van der Waals surface area contributed by atoms with Gasteiger partial charge in [0.1, 0.15) is 0 Å². The predicted molar refractivity (Wildman–Crippen MR) is 85.3 cm³/mol. The van der Waals surface area contributed by atoms with Gasteiger partial charge in [0, 0.05) is 38.4 Å². The van der Waals surface area contributed by atoms with Gasteiger partial charge in [0.25, 0.3) is 0 Å². The van der Waals surface area contributed by atoms with Crippen LogP contribution in [0.1, 0.15) is 24.7 Å².